The van der Waals surface area contributed by atoms with E-state index in [1.54, 1.807) is 0 Å². The Balaban J connectivity index is 1.21. The van der Waals surface area contributed by atoms with Crippen LogP contribution in [0, 0.1) is 0 Å². The predicted molar refractivity (Wildman–Crippen MR) is 143 cm³/mol. The van der Waals surface area contributed by atoms with E-state index in [0.29, 0.717) is 24.5 Å². The second kappa shape index (κ2) is 9.70. The van der Waals surface area contributed by atoms with E-state index in [-0.39, 0.29) is 11.4 Å². The van der Waals surface area contributed by atoms with Crippen LogP contribution in [0.5, 0.6) is 11.5 Å². The van der Waals surface area contributed by atoms with Gasteiger partial charge in [-0.2, -0.15) is 0 Å². The Morgan fingerprint density at radius 1 is 0.944 bits per heavy atom. The molecule has 2 aliphatic rings. The highest BCUT2D eigenvalue weighted by Crippen LogP contribution is 2.36. The SMILES string of the molecule is CC(C)(C)c1ccc(C2=CC3(CCN(C(=O)Nc4ccccc4Oc4ccccc4)CC3)ON2)cc1. The van der Waals surface area contributed by atoms with Gasteiger partial charge in [0.1, 0.15) is 11.4 Å². The number of hydrogen-bond acceptors (Lipinski definition) is 4. The highest BCUT2D eigenvalue weighted by molar-refractivity contribution is 5.91. The topological polar surface area (TPSA) is 62.8 Å². The number of hydrogen-bond donors (Lipinski definition) is 2. The molecule has 2 heterocycles. The van der Waals surface area contributed by atoms with E-state index in [2.05, 4.69) is 61.9 Å². The molecule has 0 unspecified atom stereocenters. The van der Waals surface area contributed by atoms with Gasteiger partial charge in [0.2, 0.25) is 0 Å². The third-order valence-corrected chi connectivity index (χ3v) is 6.83. The third-order valence-electron chi connectivity index (χ3n) is 6.83. The first-order chi connectivity index (χ1) is 17.3. The van der Waals surface area contributed by atoms with E-state index < -0.39 is 5.60 Å². The molecule has 0 saturated carbocycles. The zero-order chi connectivity index (χ0) is 25.2. The number of carbonyl (C=O) groups excluding carboxylic acids is 1. The number of para-hydroxylation sites is 3. The van der Waals surface area contributed by atoms with Crippen LogP contribution in [0.1, 0.15) is 44.7 Å². The Morgan fingerprint density at radius 2 is 1.61 bits per heavy atom. The number of benzene rings is 3. The van der Waals surface area contributed by atoms with Gasteiger partial charge in [-0.15, -0.1) is 0 Å². The lowest BCUT2D eigenvalue weighted by Crippen LogP contribution is -2.48. The Morgan fingerprint density at radius 3 is 2.31 bits per heavy atom. The molecule has 0 radical (unpaired) electrons. The summed E-state index contributed by atoms with van der Waals surface area (Å²) in [5.74, 6) is 1.33. The lowest BCUT2D eigenvalue weighted by Gasteiger charge is -2.36. The highest BCUT2D eigenvalue weighted by Gasteiger charge is 2.40. The van der Waals surface area contributed by atoms with Crippen LogP contribution in [0.2, 0.25) is 0 Å². The smallest absolute Gasteiger partial charge is 0.321 e. The number of ether oxygens (including phenoxy) is 1. The number of likely N-dealkylation sites (tertiary alicyclic amines) is 1. The summed E-state index contributed by atoms with van der Waals surface area (Å²) in [6.45, 7) is 7.84. The van der Waals surface area contributed by atoms with Crippen molar-refractivity contribution in [2.75, 3.05) is 18.4 Å². The van der Waals surface area contributed by atoms with Crippen LogP contribution in [-0.4, -0.2) is 29.6 Å². The summed E-state index contributed by atoms with van der Waals surface area (Å²) in [7, 11) is 0. The monoisotopic (exact) mass is 483 g/mol. The van der Waals surface area contributed by atoms with Crippen LogP contribution < -0.4 is 15.5 Å². The summed E-state index contributed by atoms with van der Waals surface area (Å²) in [6.07, 6.45) is 3.62. The third kappa shape index (κ3) is 5.24. The minimum absolute atomic E-state index is 0.120. The number of rotatable bonds is 4. The summed E-state index contributed by atoms with van der Waals surface area (Å²) >= 11 is 0. The first-order valence-electron chi connectivity index (χ1n) is 12.5. The van der Waals surface area contributed by atoms with Crippen molar-refractivity contribution in [2.24, 2.45) is 0 Å². The molecule has 1 fully saturated rings. The van der Waals surface area contributed by atoms with Gasteiger partial charge < -0.3 is 15.0 Å². The van der Waals surface area contributed by atoms with Crippen molar-refractivity contribution in [3.63, 3.8) is 0 Å². The normalized spacial score (nSPS) is 16.9. The second-order valence-corrected chi connectivity index (χ2v) is 10.5. The number of piperidine rings is 1. The molecule has 3 aromatic rings. The van der Waals surface area contributed by atoms with Crippen molar-refractivity contribution in [3.8, 4) is 11.5 Å². The second-order valence-electron chi connectivity index (χ2n) is 10.5. The molecule has 2 N–H and O–H groups in total. The Hall–Kier alpha value is -3.77. The number of hydroxylamine groups is 1. The quantitative estimate of drug-likeness (QED) is 0.432. The van der Waals surface area contributed by atoms with Crippen LogP contribution in [0.25, 0.3) is 5.70 Å². The molecular formula is C30H33N3O3. The Kier molecular flexibility index (Phi) is 6.46. The molecule has 0 aliphatic carbocycles. The highest BCUT2D eigenvalue weighted by atomic mass is 16.7. The van der Waals surface area contributed by atoms with Crippen molar-refractivity contribution in [1.29, 1.82) is 0 Å². The van der Waals surface area contributed by atoms with Gasteiger partial charge in [0.25, 0.3) is 0 Å². The van der Waals surface area contributed by atoms with Crippen LogP contribution in [0.15, 0.2) is 84.9 Å². The van der Waals surface area contributed by atoms with E-state index in [9.17, 15) is 4.79 Å². The largest absolute Gasteiger partial charge is 0.455 e. The lowest BCUT2D eigenvalue weighted by atomic mass is 9.86. The fourth-order valence-corrected chi connectivity index (χ4v) is 4.57. The zero-order valence-corrected chi connectivity index (χ0v) is 21.1. The molecule has 2 aliphatic heterocycles. The van der Waals surface area contributed by atoms with Crippen molar-refractivity contribution >= 4 is 17.4 Å². The maximum Gasteiger partial charge on any atom is 0.321 e. The molecular weight excluding hydrogens is 450 g/mol. The molecule has 1 spiro atoms. The fourth-order valence-electron chi connectivity index (χ4n) is 4.57. The van der Waals surface area contributed by atoms with Gasteiger partial charge in [-0.3, -0.25) is 10.3 Å². The van der Waals surface area contributed by atoms with Crippen LogP contribution in [-0.2, 0) is 10.3 Å². The molecule has 6 heteroatoms. The maximum atomic E-state index is 13.1. The number of carbonyl (C=O) groups is 1. The van der Waals surface area contributed by atoms with Crippen molar-refractivity contribution in [2.45, 2.75) is 44.6 Å². The van der Waals surface area contributed by atoms with Gasteiger partial charge in [0.15, 0.2) is 5.75 Å². The van der Waals surface area contributed by atoms with Crippen molar-refractivity contribution < 1.29 is 14.4 Å². The molecule has 0 bridgehead atoms. The standard InChI is InChI=1S/C30H33N3O3/c1-29(2,3)23-15-13-22(14-16-23)26-21-30(36-32-26)17-19-33(20-18-30)28(34)31-25-11-7-8-12-27(25)35-24-9-5-4-6-10-24/h4-16,21,32H,17-20H2,1-3H3,(H,31,34). The fraction of sp³-hybridized carbons (Fsp3) is 0.300. The molecule has 6 nitrogen and oxygen atoms in total. The number of nitrogens with zero attached hydrogens (tertiary/aromatic N) is 1. The number of nitrogens with one attached hydrogen (secondary N) is 2. The van der Waals surface area contributed by atoms with Crippen LogP contribution in [0.4, 0.5) is 10.5 Å². The summed E-state index contributed by atoms with van der Waals surface area (Å²) in [5.41, 5.74) is 6.89. The van der Waals surface area contributed by atoms with Crippen molar-refractivity contribution in [3.05, 3.63) is 96.1 Å². The first-order valence-corrected chi connectivity index (χ1v) is 12.5. The number of anilines is 1. The summed E-state index contributed by atoms with van der Waals surface area (Å²) in [4.78, 5) is 20.9. The lowest BCUT2D eigenvalue weighted by molar-refractivity contribution is -0.0634. The van der Waals surface area contributed by atoms with E-state index in [1.807, 2.05) is 59.5 Å². The summed E-state index contributed by atoms with van der Waals surface area (Å²) in [5, 5.41) is 3.02. The molecule has 0 aromatic heterocycles. The summed E-state index contributed by atoms with van der Waals surface area (Å²) < 4.78 is 5.98. The van der Waals surface area contributed by atoms with Crippen LogP contribution >= 0.6 is 0 Å². The number of urea groups is 1. The first kappa shape index (κ1) is 23.9. The van der Waals surface area contributed by atoms with Gasteiger partial charge in [-0.1, -0.05) is 75.4 Å². The van der Waals surface area contributed by atoms with E-state index >= 15 is 0 Å². The van der Waals surface area contributed by atoms with Gasteiger partial charge in [-0.25, -0.2) is 4.79 Å². The molecule has 2 amide bonds. The molecule has 3 aromatic carbocycles. The summed E-state index contributed by atoms with van der Waals surface area (Å²) in [6, 6.07) is 25.5. The average Bonchev–Trinajstić information content (AvgIpc) is 3.29. The molecule has 0 atom stereocenters. The molecule has 5 rings (SSSR count). The van der Waals surface area contributed by atoms with Crippen molar-refractivity contribution in [1.82, 2.24) is 10.4 Å². The maximum absolute atomic E-state index is 13.1. The van der Waals surface area contributed by atoms with Gasteiger partial charge in [0, 0.05) is 25.9 Å². The zero-order valence-electron chi connectivity index (χ0n) is 21.1. The number of amides is 2. The minimum Gasteiger partial charge on any atom is -0.455 e. The van der Waals surface area contributed by atoms with Gasteiger partial charge >= 0.3 is 6.03 Å². The van der Waals surface area contributed by atoms with E-state index in [4.69, 9.17) is 9.57 Å². The van der Waals surface area contributed by atoms with E-state index in [1.165, 1.54) is 5.56 Å². The van der Waals surface area contributed by atoms with Gasteiger partial charge in [0.05, 0.1) is 11.4 Å². The Labute approximate surface area is 212 Å². The van der Waals surface area contributed by atoms with E-state index in [0.717, 1.165) is 29.9 Å². The van der Waals surface area contributed by atoms with Crippen LogP contribution in [0.3, 0.4) is 0 Å². The molecule has 1 saturated heterocycles. The molecule has 186 valence electrons. The molecule has 36 heavy (non-hydrogen) atoms. The average molecular weight is 484 g/mol. The minimum atomic E-state index is -0.400. The Bertz CT molecular complexity index is 1240. The van der Waals surface area contributed by atoms with Gasteiger partial charge in [-0.05, 0) is 46.9 Å². The predicted octanol–water partition coefficient (Wildman–Crippen LogP) is 6.72.